The molecule has 1 fully saturated rings. The molecule has 136 valence electrons. The van der Waals surface area contributed by atoms with E-state index in [0.717, 1.165) is 12.1 Å². The number of halogens is 1. The predicted molar refractivity (Wildman–Crippen MR) is 114 cm³/mol. The summed E-state index contributed by atoms with van der Waals surface area (Å²) < 4.78 is 1.90. The topological polar surface area (TPSA) is 68.2 Å². The Morgan fingerprint density at radius 1 is 1.16 bits per heavy atom. The fourth-order valence-corrected chi connectivity index (χ4v) is 3.20. The van der Waals surface area contributed by atoms with Crippen LogP contribution in [0.5, 0.6) is 0 Å². The van der Waals surface area contributed by atoms with Crippen molar-refractivity contribution in [1.82, 2.24) is 15.1 Å². The van der Waals surface area contributed by atoms with E-state index in [1.165, 1.54) is 44.1 Å². The van der Waals surface area contributed by atoms with Gasteiger partial charge in [-0.3, -0.25) is 4.99 Å². The lowest BCUT2D eigenvalue weighted by molar-refractivity contribution is 0.530. The van der Waals surface area contributed by atoms with Crippen LogP contribution in [0.4, 0.5) is 0 Å². The van der Waals surface area contributed by atoms with Gasteiger partial charge in [-0.2, -0.15) is 5.10 Å². The third-order valence-electron chi connectivity index (χ3n) is 4.55. The Bertz CT molecular complexity index is 645. The van der Waals surface area contributed by atoms with E-state index in [9.17, 15) is 0 Å². The maximum atomic E-state index is 6.03. The molecule has 1 aliphatic carbocycles. The highest BCUT2D eigenvalue weighted by Gasteiger charge is 2.12. The second kappa shape index (κ2) is 10.4. The summed E-state index contributed by atoms with van der Waals surface area (Å²) in [7, 11) is 0. The molecule has 3 N–H and O–H groups in total. The fraction of sp³-hybridized carbons (Fsp3) is 0.474. The van der Waals surface area contributed by atoms with E-state index in [4.69, 9.17) is 5.73 Å². The van der Waals surface area contributed by atoms with Crippen molar-refractivity contribution < 1.29 is 0 Å². The molecule has 6 heteroatoms. The zero-order valence-electron chi connectivity index (χ0n) is 14.6. The first-order valence-corrected chi connectivity index (χ1v) is 8.97. The molecule has 0 radical (unpaired) electrons. The molecule has 3 rings (SSSR count). The van der Waals surface area contributed by atoms with E-state index in [2.05, 4.69) is 21.6 Å². The normalized spacial score (nSPS) is 16.1. The number of nitrogens with zero attached hydrogens (tertiary/aromatic N) is 3. The molecule has 5 nitrogen and oxygen atoms in total. The quantitative estimate of drug-likeness (QED) is 0.314. The van der Waals surface area contributed by atoms with Crippen LogP contribution in [0.2, 0.25) is 0 Å². The summed E-state index contributed by atoms with van der Waals surface area (Å²) in [5.74, 6) is 0.581. The maximum Gasteiger partial charge on any atom is 0.188 e. The van der Waals surface area contributed by atoms with Gasteiger partial charge in [0.15, 0.2) is 5.96 Å². The minimum absolute atomic E-state index is 0. The van der Waals surface area contributed by atoms with Crippen molar-refractivity contribution in [2.24, 2.45) is 10.7 Å². The molecule has 0 amide bonds. The van der Waals surface area contributed by atoms with Crippen molar-refractivity contribution in [2.45, 2.75) is 51.0 Å². The number of hydrogen-bond donors (Lipinski definition) is 2. The Kier molecular flexibility index (Phi) is 8.24. The number of nitrogens with one attached hydrogen (secondary N) is 1. The van der Waals surface area contributed by atoms with Crippen LogP contribution < -0.4 is 11.1 Å². The van der Waals surface area contributed by atoms with Gasteiger partial charge in [-0.05, 0) is 37.0 Å². The van der Waals surface area contributed by atoms with Gasteiger partial charge in [-0.25, -0.2) is 4.68 Å². The number of aromatic nitrogens is 2. The van der Waals surface area contributed by atoms with Crippen molar-refractivity contribution in [3.05, 3.63) is 48.3 Å². The lowest BCUT2D eigenvalue weighted by Crippen LogP contribution is -2.40. The Morgan fingerprint density at radius 3 is 2.60 bits per heavy atom. The van der Waals surface area contributed by atoms with E-state index < -0.39 is 0 Å². The van der Waals surface area contributed by atoms with Crippen LogP contribution in [0, 0.1) is 0 Å². The largest absolute Gasteiger partial charge is 0.370 e. The maximum absolute atomic E-state index is 6.03. The summed E-state index contributed by atoms with van der Waals surface area (Å²) in [6.45, 7) is 0.687. The number of aliphatic imine (C=N–C) groups is 1. The molecule has 0 aliphatic heterocycles. The van der Waals surface area contributed by atoms with Crippen molar-refractivity contribution in [2.75, 3.05) is 6.54 Å². The summed E-state index contributed by atoms with van der Waals surface area (Å²) in [5, 5.41) is 7.79. The molecule has 1 aromatic heterocycles. The van der Waals surface area contributed by atoms with Crippen LogP contribution in [0.15, 0.2) is 47.7 Å². The Morgan fingerprint density at radius 2 is 1.88 bits per heavy atom. The Balaban J connectivity index is 0.00000225. The third kappa shape index (κ3) is 6.34. The average molecular weight is 453 g/mol. The van der Waals surface area contributed by atoms with Crippen molar-refractivity contribution in [1.29, 1.82) is 0 Å². The van der Waals surface area contributed by atoms with Gasteiger partial charge in [0.2, 0.25) is 0 Å². The van der Waals surface area contributed by atoms with Gasteiger partial charge in [0.1, 0.15) is 0 Å². The summed E-state index contributed by atoms with van der Waals surface area (Å²) in [6.07, 6.45) is 12.5. The molecule has 0 bridgehead atoms. The monoisotopic (exact) mass is 453 g/mol. The second-order valence-corrected chi connectivity index (χ2v) is 6.48. The number of guanidine groups is 1. The molecule has 1 aromatic carbocycles. The predicted octanol–water partition coefficient (Wildman–Crippen LogP) is 3.66. The number of benzene rings is 1. The zero-order chi connectivity index (χ0) is 16.6. The third-order valence-corrected chi connectivity index (χ3v) is 4.55. The van der Waals surface area contributed by atoms with Crippen molar-refractivity contribution >= 4 is 29.9 Å². The van der Waals surface area contributed by atoms with E-state index in [-0.39, 0.29) is 24.0 Å². The standard InChI is InChI=1S/C19H27N5.HI/c20-19(23-17-8-4-1-2-5-9-17)21-13-12-16-14-22-24(15-16)18-10-6-3-7-11-18;/h3,6-7,10-11,14-15,17H,1-2,4-5,8-9,12-13H2,(H3,20,21,23);1H. The minimum atomic E-state index is 0. The molecule has 25 heavy (non-hydrogen) atoms. The highest BCUT2D eigenvalue weighted by Crippen LogP contribution is 2.16. The van der Waals surface area contributed by atoms with Crippen molar-refractivity contribution in [3.8, 4) is 5.69 Å². The van der Waals surface area contributed by atoms with E-state index in [0.29, 0.717) is 18.5 Å². The first-order valence-electron chi connectivity index (χ1n) is 8.97. The molecular weight excluding hydrogens is 425 g/mol. The highest BCUT2D eigenvalue weighted by molar-refractivity contribution is 14.0. The second-order valence-electron chi connectivity index (χ2n) is 6.48. The molecular formula is C19H28IN5. The molecule has 2 aromatic rings. The first kappa shape index (κ1) is 19.8. The van der Waals surface area contributed by atoms with Gasteiger partial charge in [-0.15, -0.1) is 24.0 Å². The van der Waals surface area contributed by atoms with E-state index in [1.54, 1.807) is 0 Å². The van der Waals surface area contributed by atoms with Crippen LogP contribution in [0.25, 0.3) is 5.69 Å². The van der Waals surface area contributed by atoms with Crippen LogP contribution in [-0.4, -0.2) is 28.3 Å². The summed E-state index contributed by atoms with van der Waals surface area (Å²) in [6, 6.07) is 10.6. The summed E-state index contributed by atoms with van der Waals surface area (Å²) in [4.78, 5) is 4.47. The van der Waals surface area contributed by atoms with Gasteiger partial charge in [-0.1, -0.05) is 43.9 Å². The Hall–Kier alpha value is -1.57. The van der Waals surface area contributed by atoms with E-state index in [1.807, 2.05) is 41.2 Å². The molecule has 1 heterocycles. The van der Waals surface area contributed by atoms with Gasteiger partial charge in [0.05, 0.1) is 11.9 Å². The number of para-hydroxylation sites is 1. The molecule has 0 atom stereocenters. The SMILES string of the molecule is I.NC(=NCCc1cnn(-c2ccccc2)c1)NC1CCCCCC1. The minimum Gasteiger partial charge on any atom is -0.370 e. The molecule has 0 saturated heterocycles. The zero-order valence-corrected chi connectivity index (χ0v) is 16.9. The van der Waals surface area contributed by atoms with Crippen LogP contribution in [0.3, 0.4) is 0 Å². The fourth-order valence-electron chi connectivity index (χ4n) is 3.20. The number of nitrogens with two attached hydrogens (primary N) is 1. The summed E-state index contributed by atoms with van der Waals surface area (Å²) >= 11 is 0. The van der Waals surface area contributed by atoms with Gasteiger partial charge in [0.25, 0.3) is 0 Å². The molecule has 0 unspecified atom stereocenters. The number of rotatable bonds is 5. The molecule has 1 saturated carbocycles. The molecule has 1 aliphatic rings. The van der Waals surface area contributed by atoms with Gasteiger partial charge >= 0.3 is 0 Å². The number of hydrogen-bond acceptors (Lipinski definition) is 2. The van der Waals surface area contributed by atoms with E-state index >= 15 is 0 Å². The van der Waals surface area contributed by atoms with Crippen molar-refractivity contribution in [3.63, 3.8) is 0 Å². The van der Waals surface area contributed by atoms with Gasteiger partial charge < -0.3 is 11.1 Å². The summed E-state index contributed by atoms with van der Waals surface area (Å²) in [5.41, 5.74) is 8.28. The molecule has 0 spiro atoms. The highest BCUT2D eigenvalue weighted by atomic mass is 127. The first-order chi connectivity index (χ1) is 11.8. The van der Waals surface area contributed by atoms with Crippen LogP contribution in [-0.2, 0) is 6.42 Å². The lowest BCUT2D eigenvalue weighted by Gasteiger charge is -2.16. The van der Waals surface area contributed by atoms with Gasteiger partial charge in [0, 0.05) is 18.8 Å². The van der Waals surface area contributed by atoms with Crippen LogP contribution in [0.1, 0.15) is 44.1 Å². The lowest BCUT2D eigenvalue weighted by atomic mass is 10.1. The average Bonchev–Trinajstić information content (AvgIpc) is 2.93. The van der Waals surface area contributed by atoms with Crippen LogP contribution >= 0.6 is 24.0 Å². The smallest absolute Gasteiger partial charge is 0.188 e. The Labute approximate surface area is 167 Å².